The van der Waals surface area contributed by atoms with Gasteiger partial charge in [0.1, 0.15) is 11.9 Å². The molecule has 0 aliphatic carbocycles. The largest absolute Gasteiger partial charge is 0.370 e. The summed E-state index contributed by atoms with van der Waals surface area (Å²) in [5, 5.41) is 10.1. The van der Waals surface area contributed by atoms with E-state index in [0.717, 1.165) is 17.9 Å². The average Bonchev–Trinajstić information content (AvgIpc) is 3.03. The minimum Gasteiger partial charge on any atom is -0.370 e. The molecule has 7 nitrogen and oxygen atoms in total. The van der Waals surface area contributed by atoms with Gasteiger partial charge in [-0.05, 0) is 29.8 Å². The molecule has 0 amide bonds. The number of hydrazine groups is 2. The number of amidine groups is 2. The van der Waals surface area contributed by atoms with Gasteiger partial charge < -0.3 is 9.64 Å². The van der Waals surface area contributed by atoms with Crippen LogP contribution in [0.25, 0.3) is 0 Å². The van der Waals surface area contributed by atoms with Crippen LogP contribution in [-0.2, 0) is 4.74 Å². The van der Waals surface area contributed by atoms with E-state index in [1.54, 1.807) is 17.3 Å². The van der Waals surface area contributed by atoms with Gasteiger partial charge in [-0.1, -0.05) is 12.1 Å². The first-order chi connectivity index (χ1) is 10.8. The second-order valence-corrected chi connectivity index (χ2v) is 5.15. The van der Waals surface area contributed by atoms with Crippen LogP contribution in [0.2, 0.25) is 0 Å². The van der Waals surface area contributed by atoms with Crippen molar-refractivity contribution >= 4 is 11.7 Å². The Morgan fingerprint density at radius 1 is 1.18 bits per heavy atom. The predicted molar refractivity (Wildman–Crippen MR) is 78.8 cm³/mol. The van der Waals surface area contributed by atoms with Crippen LogP contribution >= 0.6 is 0 Å². The Hall–Kier alpha value is -2.45. The van der Waals surface area contributed by atoms with Crippen LogP contribution < -0.4 is 11.1 Å². The monoisotopic (exact) mass is 302 g/mol. The number of nitrogens with zero attached hydrogens (tertiary/aromatic N) is 4. The van der Waals surface area contributed by atoms with Crippen molar-refractivity contribution in [3.05, 3.63) is 47.8 Å². The fourth-order valence-electron chi connectivity index (χ4n) is 2.61. The standard InChI is InChI=1S/C14H15FN6O/c15-11-3-1-10(2-4-11)12-9-20(7-8-22-12)14-6-5-13-16-18-19-21(13)17-14/h1-6,12,18-19H,7-9H2. The van der Waals surface area contributed by atoms with E-state index in [2.05, 4.69) is 26.2 Å². The maximum atomic E-state index is 13.0. The first kappa shape index (κ1) is 13.2. The lowest BCUT2D eigenvalue weighted by atomic mass is 10.1. The van der Waals surface area contributed by atoms with Crippen molar-refractivity contribution in [3.8, 4) is 0 Å². The summed E-state index contributed by atoms with van der Waals surface area (Å²) in [5.74, 6) is 1.31. The molecule has 0 bridgehead atoms. The van der Waals surface area contributed by atoms with Crippen molar-refractivity contribution in [2.45, 2.75) is 6.10 Å². The van der Waals surface area contributed by atoms with Crippen LogP contribution in [0.1, 0.15) is 11.7 Å². The SMILES string of the molecule is Fc1ccc(C2CN(C3=NN4NNN=C4C=C3)CCO2)cc1. The van der Waals surface area contributed by atoms with E-state index < -0.39 is 0 Å². The van der Waals surface area contributed by atoms with Gasteiger partial charge in [0.15, 0.2) is 11.7 Å². The molecule has 1 saturated heterocycles. The number of fused-ring (bicyclic) bond motifs is 1. The summed E-state index contributed by atoms with van der Waals surface area (Å²) < 4.78 is 18.8. The quantitative estimate of drug-likeness (QED) is 0.800. The maximum absolute atomic E-state index is 13.0. The highest BCUT2D eigenvalue weighted by Gasteiger charge is 2.26. The van der Waals surface area contributed by atoms with Crippen LogP contribution in [-0.4, -0.2) is 41.4 Å². The van der Waals surface area contributed by atoms with Crippen LogP contribution in [0.15, 0.2) is 46.6 Å². The molecule has 2 N–H and O–H groups in total. The van der Waals surface area contributed by atoms with Crippen LogP contribution in [0.4, 0.5) is 4.39 Å². The maximum Gasteiger partial charge on any atom is 0.189 e. The first-order valence-electron chi connectivity index (χ1n) is 7.07. The van der Waals surface area contributed by atoms with Gasteiger partial charge in [-0.25, -0.2) is 9.93 Å². The van der Waals surface area contributed by atoms with E-state index in [0.29, 0.717) is 19.0 Å². The number of benzene rings is 1. The Bertz CT molecular complexity index is 656. The van der Waals surface area contributed by atoms with Crippen LogP contribution in [0.3, 0.4) is 0 Å². The fraction of sp³-hybridized carbons (Fsp3) is 0.286. The van der Waals surface area contributed by atoms with Crippen LogP contribution in [0.5, 0.6) is 0 Å². The van der Waals surface area contributed by atoms with Gasteiger partial charge >= 0.3 is 0 Å². The van der Waals surface area contributed by atoms with Gasteiger partial charge in [-0.15, -0.1) is 15.7 Å². The Balaban J connectivity index is 1.50. The van der Waals surface area contributed by atoms with Gasteiger partial charge in [0.25, 0.3) is 0 Å². The Morgan fingerprint density at radius 2 is 2.00 bits per heavy atom. The summed E-state index contributed by atoms with van der Waals surface area (Å²) in [5.41, 5.74) is 6.44. The van der Waals surface area contributed by atoms with Gasteiger partial charge in [0.05, 0.1) is 6.61 Å². The van der Waals surface area contributed by atoms with E-state index in [1.807, 2.05) is 12.2 Å². The number of hydrogen-bond donors (Lipinski definition) is 2. The minimum atomic E-state index is -0.240. The second-order valence-electron chi connectivity index (χ2n) is 5.15. The van der Waals surface area contributed by atoms with E-state index in [1.165, 1.54) is 12.1 Å². The average molecular weight is 302 g/mol. The normalized spacial score (nSPS) is 23.8. The molecule has 1 unspecified atom stereocenters. The molecule has 0 spiro atoms. The lowest BCUT2D eigenvalue weighted by Crippen LogP contribution is -2.46. The summed E-state index contributed by atoms with van der Waals surface area (Å²) in [7, 11) is 0. The van der Waals surface area contributed by atoms with Gasteiger partial charge in [-0.2, -0.15) is 5.12 Å². The lowest BCUT2D eigenvalue weighted by Gasteiger charge is -2.35. The molecule has 1 atom stereocenters. The molecule has 0 saturated carbocycles. The van der Waals surface area contributed by atoms with E-state index >= 15 is 0 Å². The number of halogens is 1. The Morgan fingerprint density at radius 3 is 2.86 bits per heavy atom. The fourth-order valence-corrected chi connectivity index (χ4v) is 2.61. The molecule has 0 aromatic heterocycles. The highest BCUT2D eigenvalue weighted by atomic mass is 19.1. The number of hydrazone groups is 2. The summed E-state index contributed by atoms with van der Waals surface area (Å²) in [6.07, 6.45) is 3.72. The van der Waals surface area contributed by atoms with Crippen molar-refractivity contribution in [2.75, 3.05) is 19.7 Å². The van der Waals surface area contributed by atoms with Crippen molar-refractivity contribution < 1.29 is 9.13 Å². The Labute approximate surface area is 126 Å². The third-order valence-electron chi connectivity index (χ3n) is 3.76. The third kappa shape index (κ3) is 2.42. The smallest absolute Gasteiger partial charge is 0.189 e. The summed E-state index contributed by atoms with van der Waals surface area (Å²) >= 11 is 0. The summed E-state index contributed by atoms with van der Waals surface area (Å²) in [4.78, 5) is 2.14. The molecule has 3 heterocycles. The molecular weight excluding hydrogens is 287 g/mol. The van der Waals surface area contributed by atoms with E-state index in [-0.39, 0.29) is 11.9 Å². The van der Waals surface area contributed by atoms with E-state index in [4.69, 9.17) is 4.74 Å². The molecule has 8 heteroatoms. The first-order valence-corrected chi connectivity index (χ1v) is 7.07. The summed E-state index contributed by atoms with van der Waals surface area (Å²) in [6.45, 7) is 2.03. The number of ether oxygens (including phenoxy) is 1. The third-order valence-corrected chi connectivity index (χ3v) is 3.76. The molecule has 4 rings (SSSR count). The predicted octanol–water partition coefficient (Wildman–Crippen LogP) is 0.721. The van der Waals surface area contributed by atoms with Crippen LogP contribution in [0, 0.1) is 5.82 Å². The van der Waals surface area contributed by atoms with Gasteiger partial charge in [0, 0.05) is 13.1 Å². The number of hydrogen-bond acceptors (Lipinski definition) is 7. The van der Waals surface area contributed by atoms with Crippen molar-refractivity contribution in [1.82, 2.24) is 21.1 Å². The van der Waals surface area contributed by atoms with E-state index in [9.17, 15) is 4.39 Å². The molecule has 0 radical (unpaired) electrons. The lowest BCUT2D eigenvalue weighted by molar-refractivity contribution is -0.00714. The Kier molecular flexibility index (Phi) is 3.24. The number of rotatable bonds is 1. The van der Waals surface area contributed by atoms with Gasteiger partial charge in [-0.3, -0.25) is 0 Å². The van der Waals surface area contributed by atoms with Crippen molar-refractivity contribution in [1.29, 1.82) is 0 Å². The van der Waals surface area contributed by atoms with Gasteiger partial charge in [0.2, 0.25) is 0 Å². The molecule has 1 aromatic carbocycles. The molecular formula is C14H15FN6O. The zero-order valence-corrected chi connectivity index (χ0v) is 11.7. The second kappa shape index (κ2) is 5.39. The molecule has 22 heavy (non-hydrogen) atoms. The molecule has 114 valence electrons. The molecule has 3 aliphatic heterocycles. The molecule has 1 fully saturated rings. The molecule has 3 aliphatic rings. The minimum absolute atomic E-state index is 0.0924. The number of morpholine rings is 1. The highest BCUT2D eigenvalue weighted by Crippen LogP contribution is 2.23. The zero-order chi connectivity index (χ0) is 14.9. The van der Waals surface area contributed by atoms with Crippen molar-refractivity contribution in [3.63, 3.8) is 0 Å². The zero-order valence-electron chi connectivity index (χ0n) is 11.7. The highest BCUT2D eigenvalue weighted by molar-refractivity contribution is 6.05. The number of nitrogens with one attached hydrogen (secondary N) is 2. The summed E-state index contributed by atoms with van der Waals surface area (Å²) in [6, 6.07) is 6.44. The topological polar surface area (TPSA) is 64.5 Å². The van der Waals surface area contributed by atoms with Crippen molar-refractivity contribution in [2.24, 2.45) is 10.2 Å². The molecule has 1 aromatic rings.